The highest BCUT2D eigenvalue weighted by Crippen LogP contribution is 2.24. The number of nitrogens with zero attached hydrogens (tertiary/aromatic N) is 1. The molecule has 0 aliphatic carbocycles. The monoisotopic (exact) mass is 284 g/mol. The highest BCUT2D eigenvalue weighted by Gasteiger charge is 2.21. The third-order valence-corrected chi connectivity index (χ3v) is 4.98. The Balaban J connectivity index is 2.97. The molecule has 1 aromatic rings. The van der Waals surface area contributed by atoms with Crippen molar-refractivity contribution in [1.29, 1.82) is 0 Å². The van der Waals surface area contributed by atoms with E-state index in [1.165, 1.54) is 4.31 Å². The molecule has 0 saturated carbocycles. The lowest BCUT2D eigenvalue weighted by atomic mass is 9.87. The Labute approximate surface area is 116 Å². The highest BCUT2D eigenvalue weighted by atomic mass is 32.2. The van der Waals surface area contributed by atoms with Gasteiger partial charge < -0.3 is 5.73 Å². The van der Waals surface area contributed by atoms with Crippen molar-refractivity contribution in [3.05, 3.63) is 29.8 Å². The van der Waals surface area contributed by atoms with Crippen LogP contribution in [0.4, 0.5) is 0 Å². The van der Waals surface area contributed by atoms with Crippen molar-refractivity contribution >= 4 is 10.0 Å². The molecule has 0 atom stereocenters. The van der Waals surface area contributed by atoms with Gasteiger partial charge in [0.1, 0.15) is 0 Å². The fourth-order valence-corrected chi connectivity index (χ4v) is 2.95. The molecule has 0 amide bonds. The predicted molar refractivity (Wildman–Crippen MR) is 78.6 cm³/mol. The molecular formula is C14H24N2O2S. The Morgan fingerprint density at radius 1 is 1.16 bits per heavy atom. The molecule has 0 bridgehead atoms. The van der Waals surface area contributed by atoms with Gasteiger partial charge in [-0.1, -0.05) is 32.9 Å². The molecule has 19 heavy (non-hydrogen) atoms. The first-order valence-electron chi connectivity index (χ1n) is 6.46. The molecule has 0 aromatic heterocycles. The first kappa shape index (κ1) is 16.1. The second-order valence-electron chi connectivity index (χ2n) is 5.74. The summed E-state index contributed by atoms with van der Waals surface area (Å²) in [7, 11) is -1.81. The van der Waals surface area contributed by atoms with Gasteiger partial charge in [-0.25, -0.2) is 12.7 Å². The van der Waals surface area contributed by atoms with E-state index in [2.05, 4.69) is 20.8 Å². The van der Waals surface area contributed by atoms with Crippen molar-refractivity contribution in [3.8, 4) is 0 Å². The van der Waals surface area contributed by atoms with Gasteiger partial charge in [-0.3, -0.25) is 0 Å². The zero-order valence-corrected chi connectivity index (χ0v) is 13.0. The summed E-state index contributed by atoms with van der Waals surface area (Å²) in [5.41, 5.74) is 6.55. The maximum Gasteiger partial charge on any atom is 0.242 e. The Morgan fingerprint density at radius 2 is 1.68 bits per heavy atom. The molecule has 0 unspecified atom stereocenters. The largest absolute Gasteiger partial charge is 0.330 e. The average molecular weight is 284 g/mol. The van der Waals surface area contributed by atoms with Crippen molar-refractivity contribution < 1.29 is 8.42 Å². The first-order chi connectivity index (χ1) is 8.69. The van der Waals surface area contributed by atoms with Gasteiger partial charge in [0, 0.05) is 13.6 Å². The van der Waals surface area contributed by atoms with Crippen molar-refractivity contribution in [3.63, 3.8) is 0 Å². The maximum absolute atomic E-state index is 12.3. The predicted octanol–water partition coefficient (Wildman–Crippen LogP) is 1.95. The van der Waals surface area contributed by atoms with E-state index < -0.39 is 10.0 Å². The minimum absolute atomic E-state index is 0.0216. The van der Waals surface area contributed by atoms with Gasteiger partial charge in [0.2, 0.25) is 10.0 Å². The van der Waals surface area contributed by atoms with Gasteiger partial charge in [0.25, 0.3) is 0 Å². The zero-order valence-electron chi connectivity index (χ0n) is 12.2. The lowest BCUT2D eigenvalue weighted by Gasteiger charge is -2.20. The van der Waals surface area contributed by atoms with Crippen LogP contribution < -0.4 is 5.73 Å². The molecular weight excluding hydrogens is 260 g/mol. The fraction of sp³-hybridized carbons (Fsp3) is 0.571. The number of sulfonamides is 1. The lowest BCUT2D eigenvalue weighted by Crippen LogP contribution is -2.29. The molecule has 1 aromatic carbocycles. The normalized spacial score (nSPS) is 12.9. The third-order valence-electron chi connectivity index (χ3n) is 3.11. The Hall–Kier alpha value is -0.910. The van der Waals surface area contributed by atoms with Gasteiger partial charge in [0.05, 0.1) is 4.90 Å². The Morgan fingerprint density at radius 3 is 2.11 bits per heavy atom. The third kappa shape index (κ3) is 4.03. The van der Waals surface area contributed by atoms with Crippen LogP contribution >= 0.6 is 0 Å². The fourth-order valence-electron chi connectivity index (χ4n) is 1.74. The van der Waals surface area contributed by atoms with Crippen LogP contribution in [-0.4, -0.2) is 32.9 Å². The van der Waals surface area contributed by atoms with Crippen LogP contribution in [0.3, 0.4) is 0 Å². The molecule has 0 aliphatic rings. The molecule has 0 fully saturated rings. The second kappa shape index (κ2) is 6.03. The van der Waals surface area contributed by atoms with Crippen LogP contribution in [0.1, 0.15) is 32.8 Å². The van der Waals surface area contributed by atoms with Crippen molar-refractivity contribution in [2.45, 2.75) is 37.5 Å². The van der Waals surface area contributed by atoms with E-state index in [4.69, 9.17) is 5.73 Å². The first-order valence-corrected chi connectivity index (χ1v) is 7.90. The van der Waals surface area contributed by atoms with E-state index in [9.17, 15) is 8.42 Å². The van der Waals surface area contributed by atoms with Crippen LogP contribution in [0.15, 0.2) is 29.2 Å². The van der Waals surface area contributed by atoms with Crippen LogP contribution in [-0.2, 0) is 15.4 Å². The molecule has 0 spiro atoms. The number of hydrogen-bond acceptors (Lipinski definition) is 3. The van der Waals surface area contributed by atoms with Crippen molar-refractivity contribution in [1.82, 2.24) is 4.31 Å². The summed E-state index contributed by atoms with van der Waals surface area (Å²) < 4.78 is 25.9. The highest BCUT2D eigenvalue weighted by molar-refractivity contribution is 7.89. The lowest BCUT2D eigenvalue weighted by molar-refractivity contribution is 0.463. The van der Waals surface area contributed by atoms with E-state index in [1.807, 2.05) is 12.1 Å². The van der Waals surface area contributed by atoms with E-state index in [1.54, 1.807) is 19.2 Å². The van der Waals surface area contributed by atoms with Gasteiger partial charge in [0.15, 0.2) is 0 Å². The summed E-state index contributed by atoms with van der Waals surface area (Å²) in [5, 5.41) is 0. The second-order valence-corrected chi connectivity index (χ2v) is 7.79. The average Bonchev–Trinajstić information content (AvgIpc) is 2.35. The molecule has 0 radical (unpaired) electrons. The summed E-state index contributed by atoms with van der Waals surface area (Å²) in [5.74, 6) is 0. The SMILES string of the molecule is CN(CCCN)S(=O)(=O)c1ccc(C(C)(C)C)cc1. The smallest absolute Gasteiger partial charge is 0.242 e. The minimum Gasteiger partial charge on any atom is -0.330 e. The molecule has 0 saturated heterocycles. The zero-order chi connectivity index (χ0) is 14.7. The maximum atomic E-state index is 12.3. The van der Waals surface area contributed by atoms with Gasteiger partial charge in [-0.15, -0.1) is 0 Å². The summed E-state index contributed by atoms with van der Waals surface area (Å²) >= 11 is 0. The molecule has 0 aliphatic heterocycles. The standard InChI is InChI=1S/C14H24N2O2S/c1-14(2,3)12-6-8-13(9-7-12)19(17,18)16(4)11-5-10-15/h6-9H,5,10-11,15H2,1-4H3. The number of nitrogens with two attached hydrogens (primary N) is 1. The molecule has 108 valence electrons. The van der Waals surface area contributed by atoms with Crippen molar-refractivity contribution in [2.75, 3.05) is 20.1 Å². The van der Waals surface area contributed by atoms with Gasteiger partial charge in [-0.2, -0.15) is 0 Å². The molecule has 4 nitrogen and oxygen atoms in total. The van der Waals surface area contributed by atoms with E-state index in [0.29, 0.717) is 24.4 Å². The summed E-state index contributed by atoms with van der Waals surface area (Å²) in [6.45, 7) is 7.24. The molecule has 0 heterocycles. The minimum atomic E-state index is -3.40. The van der Waals surface area contributed by atoms with E-state index in [-0.39, 0.29) is 5.41 Å². The summed E-state index contributed by atoms with van der Waals surface area (Å²) in [4.78, 5) is 0.333. The molecule has 5 heteroatoms. The van der Waals surface area contributed by atoms with Crippen molar-refractivity contribution in [2.24, 2.45) is 5.73 Å². The number of rotatable bonds is 5. The quantitative estimate of drug-likeness (QED) is 0.899. The van der Waals surface area contributed by atoms with Gasteiger partial charge >= 0.3 is 0 Å². The van der Waals surface area contributed by atoms with Crippen LogP contribution in [0.25, 0.3) is 0 Å². The van der Waals surface area contributed by atoms with E-state index >= 15 is 0 Å². The Kier molecular flexibility index (Phi) is 5.12. The summed E-state index contributed by atoms with van der Waals surface area (Å²) in [6.07, 6.45) is 0.663. The van der Waals surface area contributed by atoms with E-state index in [0.717, 1.165) is 5.56 Å². The number of benzene rings is 1. The summed E-state index contributed by atoms with van der Waals surface area (Å²) in [6, 6.07) is 7.11. The van der Waals surface area contributed by atoms with Crippen LogP contribution in [0.2, 0.25) is 0 Å². The number of hydrogen-bond donors (Lipinski definition) is 1. The molecule has 2 N–H and O–H groups in total. The van der Waals surface area contributed by atoms with Crippen LogP contribution in [0.5, 0.6) is 0 Å². The van der Waals surface area contributed by atoms with Crippen LogP contribution in [0, 0.1) is 0 Å². The van der Waals surface area contributed by atoms with Gasteiger partial charge in [-0.05, 0) is 36.1 Å². The topological polar surface area (TPSA) is 63.4 Å². The molecule has 1 rings (SSSR count). The Bertz CT molecular complexity index is 501.